The summed E-state index contributed by atoms with van der Waals surface area (Å²) in [7, 11) is 0. The Morgan fingerprint density at radius 1 is 1.25 bits per heavy atom. The van der Waals surface area contributed by atoms with Crippen molar-refractivity contribution in [1.82, 2.24) is 19.7 Å². The van der Waals surface area contributed by atoms with Crippen molar-refractivity contribution in [3.05, 3.63) is 42.2 Å². The average molecular weight is 501 g/mol. The van der Waals surface area contributed by atoms with E-state index >= 15 is 0 Å². The Morgan fingerprint density at radius 3 is 2.83 bits per heavy atom. The zero-order chi connectivity index (χ0) is 25.2. The number of aliphatic carboxylic acids is 1. The summed E-state index contributed by atoms with van der Waals surface area (Å²) in [6, 6.07) is 3.13. The number of nitrogens with zero attached hydrogens (tertiary/aromatic N) is 4. The van der Waals surface area contributed by atoms with E-state index in [4.69, 9.17) is 4.42 Å². The molecule has 2 fully saturated rings. The first kappa shape index (κ1) is 23.9. The van der Waals surface area contributed by atoms with Crippen LogP contribution in [0.5, 0.6) is 0 Å². The number of pyridine rings is 1. The summed E-state index contributed by atoms with van der Waals surface area (Å²) in [6.07, 6.45) is 5.71. The molecular weight excluding hydrogens is 474 g/mol. The number of halogens is 2. The molecule has 1 amide bonds. The van der Waals surface area contributed by atoms with Gasteiger partial charge in [0.1, 0.15) is 12.1 Å². The molecule has 190 valence electrons. The van der Waals surface area contributed by atoms with Crippen LogP contribution in [0.2, 0.25) is 0 Å². The number of amides is 1. The number of oxazole rings is 1. The van der Waals surface area contributed by atoms with Crippen LogP contribution in [0.1, 0.15) is 67.2 Å². The van der Waals surface area contributed by atoms with Crippen LogP contribution in [-0.2, 0) is 4.79 Å². The van der Waals surface area contributed by atoms with Gasteiger partial charge in [0.2, 0.25) is 5.89 Å². The van der Waals surface area contributed by atoms with Gasteiger partial charge in [0.15, 0.2) is 11.4 Å². The van der Waals surface area contributed by atoms with Crippen LogP contribution < -0.4 is 10.6 Å². The third kappa shape index (κ3) is 5.37. The maximum Gasteiger partial charge on any atom is 0.306 e. The Hall–Kier alpha value is -3.83. The van der Waals surface area contributed by atoms with Gasteiger partial charge >= 0.3 is 5.97 Å². The Bertz CT molecular complexity index is 1250. The normalized spacial score (nSPS) is 19.9. The number of anilines is 2. The standard InChI is InChI=1S/C24H26F2N6O4/c25-21(26)20-17(11-32(31-20)16-3-1-2-15(8-16)24(34)35)29-22(33)18-12-36-23(30-18)14-6-7-27-19(9-14)28-10-13-4-5-13/h6-7,9,11-13,15-16,21H,1-5,8,10H2,(H,27,28)(H,29,33)(H,34,35). The highest BCUT2D eigenvalue weighted by Crippen LogP contribution is 2.35. The number of carbonyl (C=O) groups is 2. The van der Waals surface area contributed by atoms with Crippen molar-refractivity contribution in [2.45, 2.75) is 51.0 Å². The van der Waals surface area contributed by atoms with Crippen molar-refractivity contribution >= 4 is 23.4 Å². The van der Waals surface area contributed by atoms with Crippen molar-refractivity contribution in [3.8, 4) is 11.5 Å². The lowest BCUT2D eigenvalue weighted by atomic mass is 9.86. The van der Waals surface area contributed by atoms with Gasteiger partial charge < -0.3 is 20.2 Å². The summed E-state index contributed by atoms with van der Waals surface area (Å²) in [6.45, 7) is 0.841. The van der Waals surface area contributed by atoms with E-state index in [9.17, 15) is 23.5 Å². The van der Waals surface area contributed by atoms with Crippen LogP contribution in [0.25, 0.3) is 11.5 Å². The van der Waals surface area contributed by atoms with E-state index in [1.807, 2.05) is 0 Å². The van der Waals surface area contributed by atoms with Gasteiger partial charge in [0.25, 0.3) is 12.3 Å². The first-order valence-electron chi connectivity index (χ1n) is 11.9. The molecule has 2 atom stereocenters. The molecule has 2 aliphatic carbocycles. The number of aromatic nitrogens is 4. The van der Waals surface area contributed by atoms with Gasteiger partial charge in [0.05, 0.1) is 17.6 Å². The topological polar surface area (TPSA) is 135 Å². The number of carbonyl (C=O) groups excluding carboxylic acids is 1. The molecule has 0 saturated heterocycles. The van der Waals surface area contributed by atoms with Gasteiger partial charge in [-0.3, -0.25) is 14.3 Å². The lowest BCUT2D eigenvalue weighted by molar-refractivity contribution is -0.143. The quantitative estimate of drug-likeness (QED) is 0.383. The summed E-state index contributed by atoms with van der Waals surface area (Å²) in [4.78, 5) is 32.6. The molecule has 0 spiro atoms. The van der Waals surface area contributed by atoms with Gasteiger partial charge in [0, 0.05) is 24.5 Å². The molecule has 10 nitrogen and oxygen atoms in total. The molecule has 2 aliphatic rings. The molecule has 3 N–H and O–H groups in total. The summed E-state index contributed by atoms with van der Waals surface area (Å²) in [5.41, 5.74) is -0.183. The van der Waals surface area contributed by atoms with Crippen LogP contribution in [0.3, 0.4) is 0 Å². The molecule has 36 heavy (non-hydrogen) atoms. The number of nitrogens with one attached hydrogen (secondary N) is 2. The average Bonchev–Trinajstić information content (AvgIpc) is 3.39. The van der Waals surface area contributed by atoms with E-state index in [1.54, 1.807) is 18.3 Å². The van der Waals surface area contributed by atoms with Crippen molar-refractivity contribution in [2.24, 2.45) is 11.8 Å². The molecule has 2 unspecified atom stereocenters. The molecule has 0 aromatic carbocycles. The summed E-state index contributed by atoms with van der Waals surface area (Å²) >= 11 is 0. The zero-order valence-corrected chi connectivity index (χ0v) is 19.4. The van der Waals surface area contributed by atoms with E-state index in [-0.39, 0.29) is 23.3 Å². The number of hydrogen-bond acceptors (Lipinski definition) is 7. The lowest BCUT2D eigenvalue weighted by Gasteiger charge is -2.26. The summed E-state index contributed by atoms with van der Waals surface area (Å²) < 4.78 is 34.2. The van der Waals surface area contributed by atoms with Crippen LogP contribution in [0.4, 0.5) is 20.3 Å². The van der Waals surface area contributed by atoms with Gasteiger partial charge in [-0.1, -0.05) is 6.42 Å². The van der Waals surface area contributed by atoms with Crippen LogP contribution in [0.15, 0.2) is 35.2 Å². The predicted molar refractivity (Wildman–Crippen MR) is 125 cm³/mol. The molecule has 3 heterocycles. The fourth-order valence-corrected chi connectivity index (χ4v) is 4.41. The van der Waals surface area contributed by atoms with E-state index in [0.717, 1.165) is 12.8 Å². The molecule has 5 rings (SSSR count). The number of alkyl halides is 2. The predicted octanol–water partition coefficient (Wildman–Crippen LogP) is 4.76. The second kappa shape index (κ2) is 10.0. The molecule has 3 aromatic rings. The Morgan fingerprint density at radius 2 is 2.08 bits per heavy atom. The number of rotatable bonds is 9. The van der Waals surface area contributed by atoms with Gasteiger partial charge in [-0.05, 0) is 50.2 Å². The molecular formula is C24H26F2N6O4. The van der Waals surface area contributed by atoms with Crippen LogP contribution >= 0.6 is 0 Å². The molecule has 0 radical (unpaired) electrons. The van der Waals surface area contributed by atoms with Crippen molar-refractivity contribution in [2.75, 3.05) is 17.2 Å². The number of carboxylic acid groups (broad SMARTS) is 1. The third-order valence-corrected chi connectivity index (χ3v) is 6.60. The zero-order valence-electron chi connectivity index (χ0n) is 19.4. The monoisotopic (exact) mass is 500 g/mol. The minimum absolute atomic E-state index is 0.0779. The van der Waals surface area contributed by atoms with E-state index in [1.165, 1.54) is 23.7 Å². The van der Waals surface area contributed by atoms with Crippen molar-refractivity contribution < 1.29 is 27.9 Å². The van der Waals surface area contributed by atoms with E-state index in [0.29, 0.717) is 43.0 Å². The molecule has 2 saturated carbocycles. The van der Waals surface area contributed by atoms with Crippen LogP contribution in [0, 0.1) is 11.8 Å². The lowest BCUT2D eigenvalue weighted by Crippen LogP contribution is -2.25. The van der Waals surface area contributed by atoms with Gasteiger partial charge in [-0.15, -0.1) is 0 Å². The summed E-state index contributed by atoms with van der Waals surface area (Å²) in [5, 5.41) is 19.0. The van der Waals surface area contributed by atoms with Crippen molar-refractivity contribution in [1.29, 1.82) is 0 Å². The first-order chi connectivity index (χ1) is 17.4. The van der Waals surface area contributed by atoms with Crippen molar-refractivity contribution in [3.63, 3.8) is 0 Å². The Labute approximate surface area is 205 Å². The largest absolute Gasteiger partial charge is 0.481 e. The molecule has 0 aliphatic heterocycles. The highest BCUT2D eigenvalue weighted by atomic mass is 19.3. The maximum atomic E-state index is 13.7. The minimum Gasteiger partial charge on any atom is -0.481 e. The van der Waals surface area contributed by atoms with Gasteiger partial charge in [-0.25, -0.2) is 18.7 Å². The van der Waals surface area contributed by atoms with Crippen LogP contribution in [-0.4, -0.2) is 43.3 Å². The SMILES string of the molecule is O=C(Nc1cn(C2CCCC(C(=O)O)C2)nc1C(F)F)c1coc(-c2ccnc(NCC3CC3)c2)n1. The molecule has 0 bridgehead atoms. The first-order valence-corrected chi connectivity index (χ1v) is 11.9. The second-order valence-corrected chi connectivity index (χ2v) is 9.31. The third-order valence-electron chi connectivity index (χ3n) is 6.60. The fraction of sp³-hybridized carbons (Fsp3) is 0.458. The fourth-order valence-electron chi connectivity index (χ4n) is 4.41. The highest BCUT2D eigenvalue weighted by Gasteiger charge is 2.30. The van der Waals surface area contributed by atoms with Gasteiger partial charge in [-0.2, -0.15) is 5.10 Å². The second-order valence-electron chi connectivity index (χ2n) is 9.31. The van der Waals surface area contributed by atoms with E-state index in [2.05, 4.69) is 25.7 Å². The molecule has 3 aromatic heterocycles. The Kier molecular flexibility index (Phi) is 6.66. The Balaban J connectivity index is 1.30. The smallest absolute Gasteiger partial charge is 0.306 e. The maximum absolute atomic E-state index is 13.7. The number of carboxylic acids is 1. The number of hydrogen-bond donors (Lipinski definition) is 3. The van der Waals surface area contributed by atoms with E-state index < -0.39 is 29.9 Å². The minimum atomic E-state index is -2.92. The summed E-state index contributed by atoms with van der Waals surface area (Å²) in [5.74, 6) is -0.635. The highest BCUT2D eigenvalue weighted by molar-refractivity contribution is 6.03. The molecule has 12 heteroatoms.